The quantitative estimate of drug-likeness (QED) is 0.734. The second kappa shape index (κ2) is 6.37. The van der Waals surface area contributed by atoms with E-state index >= 15 is 0 Å². The molecule has 6 heteroatoms. The molecule has 1 aromatic carbocycles. The summed E-state index contributed by atoms with van der Waals surface area (Å²) in [5, 5.41) is 3.25. The Morgan fingerprint density at radius 3 is 2.56 bits per heavy atom. The number of hydrogen-bond donors (Lipinski definition) is 3. The van der Waals surface area contributed by atoms with Crippen molar-refractivity contribution < 1.29 is 9.59 Å². The third-order valence-corrected chi connectivity index (χ3v) is 2.83. The van der Waals surface area contributed by atoms with Gasteiger partial charge in [-0.3, -0.25) is 9.59 Å². The molecule has 0 spiro atoms. The van der Waals surface area contributed by atoms with Crippen LogP contribution in [0, 0.1) is 0 Å². The van der Waals surface area contributed by atoms with Gasteiger partial charge in [-0.05, 0) is 18.6 Å². The summed E-state index contributed by atoms with van der Waals surface area (Å²) in [4.78, 5) is 22.4. The molecule has 0 aliphatic carbocycles. The molecule has 1 aromatic rings. The number of benzene rings is 1. The predicted molar refractivity (Wildman–Crippen MR) is 69.8 cm³/mol. The lowest BCUT2D eigenvalue weighted by Crippen LogP contribution is -2.43. The summed E-state index contributed by atoms with van der Waals surface area (Å²) < 4.78 is 0. The Balaban J connectivity index is 2.65. The van der Waals surface area contributed by atoms with Gasteiger partial charge >= 0.3 is 0 Å². The fourth-order valence-electron chi connectivity index (χ4n) is 1.53. The van der Waals surface area contributed by atoms with Crippen LogP contribution in [0.1, 0.15) is 24.9 Å². The van der Waals surface area contributed by atoms with Crippen LogP contribution in [0.15, 0.2) is 24.3 Å². The zero-order valence-corrected chi connectivity index (χ0v) is 10.8. The first-order valence-corrected chi connectivity index (χ1v) is 5.88. The summed E-state index contributed by atoms with van der Waals surface area (Å²) >= 11 is 6.01. The summed E-state index contributed by atoms with van der Waals surface area (Å²) in [7, 11) is 0. The molecule has 0 aliphatic heterocycles. The fourth-order valence-corrected chi connectivity index (χ4v) is 1.83. The number of hydrogen-bond acceptors (Lipinski definition) is 3. The lowest BCUT2D eigenvalue weighted by Gasteiger charge is -2.18. The van der Waals surface area contributed by atoms with E-state index in [1.807, 2.05) is 12.1 Å². The van der Waals surface area contributed by atoms with Crippen molar-refractivity contribution in [2.75, 3.05) is 0 Å². The van der Waals surface area contributed by atoms with Crippen molar-refractivity contribution in [3.8, 4) is 0 Å². The van der Waals surface area contributed by atoms with E-state index in [2.05, 4.69) is 5.32 Å². The number of halogens is 1. The SMILES string of the molecule is C[C@H](NC(=O)C(N)CC(N)=O)c1ccccc1Cl. The molecule has 0 radical (unpaired) electrons. The summed E-state index contributed by atoms with van der Waals surface area (Å²) in [5.41, 5.74) is 11.3. The van der Waals surface area contributed by atoms with Gasteiger partial charge in [-0.25, -0.2) is 0 Å². The molecule has 1 rings (SSSR count). The van der Waals surface area contributed by atoms with E-state index in [4.69, 9.17) is 23.1 Å². The van der Waals surface area contributed by atoms with Gasteiger partial charge in [-0.15, -0.1) is 0 Å². The maximum absolute atomic E-state index is 11.7. The monoisotopic (exact) mass is 269 g/mol. The van der Waals surface area contributed by atoms with E-state index in [0.29, 0.717) is 5.02 Å². The van der Waals surface area contributed by atoms with E-state index in [1.54, 1.807) is 19.1 Å². The molecular weight excluding hydrogens is 254 g/mol. The average molecular weight is 270 g/mol. The molecule has 0 saturated heterocycles. The van der Waals surface area contributed by atoms with Crippen LogP contribution in [0.3, 0.4) is 0 Å². The van der Waals surface area contributed by atoms with E-state index in [-0.39, 0.29) is 12.5 Å². The standard InChI is InChI=1S/C12H16ClN3O2/c1-7(8-4-2-3-5-9(8)13)16-12(18)10(14)6-11(15)17/h2-5,7,10H,6,14H2,1H3,(H2,15,17)(H,16,18)/t7-,10?/m0/s1. The molecule has 2 atom stereocenters. The number of carbonyl (C=O) groups excluding carboxylic acids is 2. The van der Waals surface area contributed by atoms with Crippen molar-refractivity contribution >= 4 is 23.4 Å². The molecule has 5 nitrogen and oxygen atoms in total. The molecule has 0 saturated carbocycles. The highest BCUT2D eigenvalue weighted by Crippen LogP contribution is 2.22. The number of rotatable bonds is 5. The van der Waals surface area contributed by atoms with Crippen LogP contribution in [0.2, 0.25) is 5.02 Å². The Bertz CT molecular complexity index is 451. The Morgan fingerprint density at radius 2 is 2.00 bits per heavy atom. The Hall–Kier alpha value is -1.59. The smallest absolute Gasteiger partial charge is 0.237 e. The summed E-state index contributed by atoms with van der Waals surface area (Å²) in [6, 6.07) is 5.96. The number of nitrogens with two attached hydrogens (primary N) is 2. The Morgan fingerprint density at radius 1 is 1.39 bits per heavy atom. The normalized spacial score (nSPS) is 13.7. The van der Waals surface area contributed by atoms with Gasteiger partial charge in [-0.1, -0.05) is 29.8 Å². The lowest BCUT2D eigenvalue weighted by molar-refractivity contribution is -0.126. The van der Waals surface area contributed by atoms with Gasteiger partial charge < -0.3 is 16.8 Å². The van der Waals surface area contributed by atoms with Crippen LogP contribution in [-0.4, -0.2) is 17.9 Å². The highest BCUT2D eigenvalue weighted by Gasteiger charge is 2.19. The number of nitrogens with one attached hydrogen (secondary N) is 1. The third-order valence-electron chi connectivity index (χ3n) is 2.49. The van der Waals surface area contributed by atoms with Gasteiger partial charge in [0.2, 0.25) is 11.8 Å². The minimum absolute atomic E-state index is 0.179. The summed E-state index contributed by atoms with van der Waals surface area (Å²) in [6.45, 7) is 1.79. The van der Waals surface area contributed by atoms with Gasteiger partial charge in [0, 0.05) is 5.02 Å². The molecule has 98 valence electrons. The van der Waals surface area contributed by atoms with Gasteiger partial charge in [0.1, 0.15) is 0 Å². The lowest BCUT2D eigenvalue weighted by atomic mass is 10.1. The largest absolute Gasteiger partial charge is 0.370 e. The average Bonchev–Trinajstić information content (AvgIpc) is 2.28. The van der Waals surface area contributed by atoms with Crippen LogP contribution in [0.5, 0.6) is 0 Å². The summed E-state index contributed by atoms with van der Waals surface area (Å²) in [5.74, 6) is -1.04. The van der Waals surface area contributed by atoms with Crippen LogP contribution >= 0.6 is 11.6 Å². The molecule has 0 bridgehead atoms. The predicted octanol–water partition coefficient (Wildman–Crippen LogP) is 0.720. The topological polar surface area (TPSA) is 98.2 Å². The Labute approximate surface area is 110 Å². The first-order valence-electron chi connectivity index (χ1n) is 5.50. The number of amides is 2. The third kappa shape index (κ3) is 4.01. The van der Waals surface area contributed by atoms with E-state index in [9.17, 15) is 9.59 Å². The molecule has 0 aromatic heterocycles. The van der Waals surface area contributed by atoms with Crippen molar-refractivity contribution in [3.05, 3.63) is 34.9 Å². The first kappa shape index (κ1) is 14.5. The molecule has 0 fully saturated rings. The second-order valence-electron chi connectivity index (χ2n) is 4.03. The Kier molecular flexibility index (Phi) is 5.12. The zero-order valence-electron chi connectivity index (χ0n) is 10.0. The van der Waals surface area contributed by atoms with Crippen LogP contribution < -0.4 is 16.8 Å². The zero-order chi connectivity index (χ0) is 13.7. The maximum Gasteiger partial charge on any atom is 0.237 e. The molecule has 0 aliphatic rings. The molecular formula is C12H16ClN3O2. The van der Waals surface area contributed by atoms with E-state index < -0.39 is 17.9 Å². The minimum atomic E-state index is -0.938. The molecule has 18 heavy (non-hydrogen) atoms. The van der Waals surface area contributed by atoms with E-state index in [0.717, 1.165) is 5.56 Å². The van der Waals surface area contributed by atoms with Gasteiger partial charge in [-0.2, -0.15) is 0 Å². The van der Waals surface area contributed by atoms with Crippen molar-refractivity contribution in [1.82, 2.24) is 5.32 Å². The highest BCUT2D eigenvalue weighted by atomic mass is 35.5. The summed E-state index contributed by atoms with van der Waals surface area (Å²) in [6.07, 6.45) is -0.179. The van der Waals surface area contributed by atoms with Gasteiger partial charge in [0.05, 0.1) is 18.5 Å². The number of primary amides is 1. The number of carbonyl (C=O) groups is 2. The fraction of sp³-hybridized carbons (Fsp3) is 0.333. The van der Waals surface area contributed by atoms with E-state index in [1.165, 1.54) is 0 Å². The van der Waals surface area contributed by atoms with Crippen LogP contribution in [-0.2, 0) is 9.59 Å². The van der Waals surface area contributed by atoms with Crippen molar-refractivity contribution in [2.24, 2.45) is 11.5 Å². The molecule has 2 amide bonds. The minimum Gasteiger partial charge on any atom is -0.370 e. The molecule has 1 unspecified atom stereocenters. The van der Waals surface area contributed by atoms with Crippen LogP contribution in [0.4, 0.5) is 0 Å². The van der Waals surface area contributed by atoms with Gasteiger partial charge in [0.25, 0.3) is 0 Å². The maximum atomic E-state index is 11.7. The first-order chi connectivity index (χ1) is 8.41. The highest BCUT2D eigenvalue weighted by molar-refractivity contribution is 6.31. The van der Waals surface area contributed by atoms with Crippen molar-refractivity contribution in [1.29, 1.82) is 0 Å². The second-order valence-corrected chi connectivity index (χ2v) is 4.44. The van der Waals surface area contributed by atoms with Gasteiger partial charge in [0.15, 0.2) is 0 Å². The van der Waals surface area contributed by atoms with Crippen molar-refractivity contribution in [3.63, 3.8) is 0 Å². The van der Waals surface area contributed by atoms with Crippen molar-refractivity contribution in [2.45, 2.75) is 25.4 Å². The molecule has 5 N–H and O–H groups in total. The van der Waals surface area contributed by atoms with Crippen LogP contribution in [0.25, 0.3) is 0 Å². The molecule has 0 heterocycles.